The molecule has 2 heterocycles. The van der Waals surface area contributed by atoms with Crippen molar-refractivity contribution in [2.45, 2.75) is 26.1 Å². The molecule has 0 radical (unpaired) electrons. The van der Waals surface area contributed by atoms with Crippen LogP contribution in [-0.2, 0) is 15.7 Å². The van der Waals surface area contributed by atoms with E-state index < -0.39 is 23.6 Å². The van der Waals surface area contributed by atoms with Crippen molar-refractivity contribution in [3.05, 3.63) is 66.1 Å². The van der Waals surface area contributed by atoms with E-state index >= 15 is 0 Å². The molecule has 0 atom stereocenters. The first-order valence-electron chi connectivity index (χ1n) is 9.03. The Balaban J connectivity index is 1.97. The number of rotatable bonds is 6. The third-order valence-electron chi connectivity index (χ3n) is 4.02. The van der Waals surface area contributed by atoms with E-state index in [1.54, 1.807) is 42.9 Å². The van der Waals surface area contributed by atoms with Crippen molar-refractivity contribution < 1.29 is 27.5 Å². The summed E-state index contributed by atoms with van der Waals surface area (Å²) >= 11 is 0. The molecule has 1 amide bonds. The quantitative estimate of drug-likeness (QED) is 0.621. The van der Waals surface area contributed by atoms with Gasteiger partial charge in [-0.3, -0.25) is 9.59 Å². The lowest BCUT2D eigenvalue weighted by atomic mass is 10.2. The molecule has 0 fully saturated rings. The Hall–Kier alpha value is -3.56. The van der Waals surface area contributed by atoms with Crippen LogP contribution in [0.15, 0.2) is 55.0 Å². The van der Waals surface area contributed by atoms with Crippen molar-refractivity contribution >= 4 is 11.9 Å². The van der Waals surface area contributed by atoms with Gasteiger partial charge in [-0.25, -0.2) is 4.68 Å². The zero-order chi connectivity index (χ0) is 21.9. The van der Waals surface area contributed by atoms with Gasteiger partial charge in [-0.2, -0.15) is 18.3 Å². The number of ether oxygens (including phenoxy) is 1. The van der Waals surface area contributed by atoms with Crippen LogP contribution in [0.25, 0.3) is 11.5 Å². The summed E-state index contributed by atoms with van der Waals surface area (Å²) in [5.74, 6) is -0.988. The molecule has 10 heteroatoms. The summed E-state index contributed by atoms with van der Waals surface area (Å²) < 4.78 is 47.1. The van der Waals surface area contributed by atoms with E-state index in [9.17, 15) is 22.8 Å². The fourth-order valence-corrected chi connectivity index (χ4v) is 2.78. The largest absolute Gasteiger partial charge is 0.462 e. The van der Waals surface area contributed by atoms with E-state index in [4.69, 9.17) is 4.74 Å². The van der Waals surface area contributed by atoms with Gasteiger partial charge in [0, 0.05) is 12.4 Å². The van der Waals surface area contributed by atoms with Crippen molar-refractivity contribution in [3.8, 4) is 11.5 Å². The van der Waals surface area contributed by atoms with Crippen LogP contribution in [0.3, 0.4) is 0 Å². The van der Waals surface area contributed by atoms with Crippen molar-refractivity contribution in [3.63, 3.8) is 0 Å². The van der Waals surface area contributed by atoms with Crippen LogP contribution in [0.4, 0.5) is 13.2 Å². The number of amides is 1. The SMILES string of the molecule is CC(C)OC(=O)CNC(=O)c1cnn(-c2cccc(C(F)(F)F)c2)c1-n1cccc1. The molecule has 0 bridgehead atoms. The Morgan fingerprint density at radius 3 is 2.50 bits per heavy atom. The maximum absolute atomic E-state index is 13.1. The van der Waals surface area contributed by atoms with E-state index in [1.165, 1.54) is 23.0 Å². The zero-order valence-electron chi connectivity index (χ0n) is 16.2. The van der Waals surface area contributed by atoms with Crippen LogP contribution in [0.2, 0.25) is 0 Å². The van der Waals surface area contributed by atoms with Crippen molar-refractivity contribution in [1.29, 1.82) is 0 Å². The van der Waals surface area contributed by atoms with Gasteiger partial charge >= 0.3 is 12.1 Å². The number of aromatic nitrogens is 3. The fraction of sp³-hybridized carbons (Fsp3) is 0.250. The highest BCUT2D eigenvalue weighted by molar-refractivity contribution is 5.98. The number of nitrogens with zero attached hydrogens (tertiary/aromatic N) is 3. The van der Waals surface area contributed by atoms with E-state index in [-0.39, 0.29) is 29.7 Å². The molecular weight excluding hydrogens is 401 g/mol. The number of carbonyl (C=O) groups is 2. The fourth-order valence-electron chi connectivity index (χ4n) is 2.78. The highest BCUT2D eigenvalue weighted by atomic mass is 19.4. The maximum atomic E-state index is 13.1. The molecule has 0 saturated heterocycles. The monoisotopic (exact) mass is 420 g/mol. The summed E-state index contributed by atoms with van der Waals surface area (Å²) in [6.07, 6.45) is -0.351. The van der Waals surface area contributed by atoms with Gasteiger partial charge in [0.2, 0.25) is 0 Å². The molecule has 1 aromatic carbocycles. The van der Waals surface area contributed by atoms with Crippen LogP contribution >= 0.6 is 0 Å². The first-order valence-corrected chi connectivity index (χ1v) is 9.03. The van der Waals surface area contributed by atoms with Crippen LogP contribution in [0.1, 0.15) is 29.8 Å². The lowest BCUT2D eigenvalue weighted by Crippen LogP contribution is -2.32. The zero-order valence-corrected chi connectivity index (χ0v) is 16.2. The van der Waals surface area contributed by atoms with Crippen molar-refractivity contribution in [2.24, 2.45) is 0 Å². The maximum Gasteiger partial charge on any atom is 0.416 e. The Labute approximate surface area is 170 Å². The second-order valence-corrected chi connectivity index (χ2v) is 6.65. The Kier molecular flexibility index (Phi) is 5.95. The van der Waals surface area contributed by atoms with E-state index in [0.717, 1.165) is 12.1 Å². The highest BCUT2D eigenvalue weighted by Gasteiger charge is 2.31. The molecule has 0 spiro atoms. The minimum absolute atomic E-state index is 0.0842. The predicted molar refractivity (Wildman–Crippen MR) is 101 cm³/mol. The lowest BCUT2D eigenvalue weighted by molar-refractivity contribution is -0.146. The Morgan fingerprint density at radius 2 is 1.87 bits per heavy atom. The summed E-state index contributed by atoms with van der Waals surface area (Å²) in [5.41, 5.74) is -0.621. The van der Waals surface area contributed by atoms with Gasteiger partial charge < -0.3 is 14.6 Å². The van der Waals surface area contributed by atoms with Crippen LogP contribution in [0.5, 0.6) is 0 Å². The van der Waals surface area contributed by atoms with Gasteiger partial charge in [0.15, 0.2) is 5.82 Å². The van der Waals surface area contributed by atoms with Crippen molar-refractivity contribution in [1.82, 2.24) is 19.7 Å². The number of carbonyl (C=O) groups excluding carboxylic acids is 2. The summed E-state index contributed by atoms with van der Waals surface area (Å²) in [4.78, 5) is 24.3. The highest BCUT2D eigenvalue weighted by Crippen LogP contribution is 2.31. The van der Waals surface area contributed by atoms with E-state index in [0.29, 0.717) is 0 Å². The lowest BCUT2D eigenvalue weighted by Gasteiger charge is -2.13. The molecular formula is C20H19F3N4O3. The average molecular weight is 420 g/mol. The number of hydrogen-bond donors (Lipinski definition) is 1. The minimum atomic E-state index is -4.52. The summed E-state index contributed by atoms with van der Waals surface area (Å²) in [6, 6.07) is 8.02. The van der Waals surface area contributed by atoms with Gasteiger partial charge in [-0.15, -0.1) is 0 Å². The Morgan fingerprint density at radius 1 is 1.17 bits per heavy atom. The van der Waals surface area contributed by atoms with E-state index in [2.05, 4.69) is 10.4 Å². The van der Waals surface area contributed by atoms with Gasteiger partial charge in [0.25, 0.3) is 5.91 Å². The average Bonchev–Trinajstić information content (AvgIpc) is 3.34. The third-order valence-corrected chi connectivity index (χ3v) is 4.02. The van der Waals surface area contributed by atoms with Gasteiger partial charge in [-0.05, 0) is 44.2 Å². The van der Waals surface area contributed by atoms with Crippen LogP contribution in [-0.4, -0.2) is 38.9 Å². The second kappa shape index (κ2) is 8.44. The van der Waals surface area contributed by atoms with Crippen LogP contribution in [0, 0.1) is 0 Å². The number of nitrogens with one attached hydrogen (secondary N) is 1. The topological polar surface area (TPSA) is 78.2 Å². The molecule has 1 N–H and O–H groups in total. The standard InChI is InChI=1S/C20H19F3N4O3/c1-13(2)30-17(28)12-24-18(29)16-11-25-27(19(16)26-8-3-4-9-26)15-7-5-6-14(10-15)20(21,22)23/h3-11,13H,12H2,1-2H3,(H,24,29). The minimum Gasteiger partial charge on any atom is -0.462 e. The molecule has 0 aliphatic carbocycles. The predicted octanol–water partition coefficient (Wildman–Crippen LogP) is 3.36. The first-order chi connectivity index (χ1) is 14.2. The number of hydrogen-bond acceptors (Lipinski definition) is 4. The number of alkyl halides is 3. The number of halogens is 3. The number of benzene rings is 1. The molecule has 0 saturated carbocycles. The van der Waals surface area contributed by atoms with Crippen molar-refractivity contribution in [2.75, 3.05) is 6.54 Å². The van der Waals surface area contributed by atoms with Gasteiger partial charge in [-0.1, -0.05) is 6.07 Å². The first kappa shape index (κ1) is 21.2. The third kappa shape index (κ3) is 4.70. The molecule has 3 rings (SSSR count). The normalized spacial score (nSPS) is 11.5. The van der Waals surface area contributed by atoms with Crippen LogP contribution < -0.4 is 5.32 Å². The summed E-state index contributed by atoms with van der Waals surface area (Å²) in [7, 11) is 0. The number of esters is 1. The molecule has 3 aromatic rings. The molecule has 0 aliphatic heterocycles. The Bertz CT molecular complexity index is 1040. The molecule has 2 aromatic heterocycles. The second-order valence-electron chi connectivity index (χ2n) is 6.65. The van der Waals surface area contributed by atoms with Gasteiger partial charge in [0.05, 0.1) is 23.6 Å². The van der Waals surface area contributed by atoms with E-state index in [1.807, 2.05) is 0 Å². The molecule has 30 heavy (non-hydrogen) atoms. The smallest absolute Gasteiger partial charge is 0.416 e. The summed E-state index contributed by atoms with van der Waals surface area (Å²) in [5, 5.41) is 6.56. The molecule has 158 valence electrons. The van der Waals surface area contributed by atoms with Gasteiger partial charge in [0.1, 0.15) is 12.1 Å². The molecule has 7 nitrogen and oxygen atoms in total. The molecule has 0 aliphatic rings. The molecule has 0 unspecified atom stereocenters. The summed E-state index contributed by atoms with van der Waals surface area (Å²) in [6.45, 7) is 3.02.